The first-order chi connectivity index (χ1) is 21.2. The molecule has 0 atom stereocenters. The van der Waals surface area contributed by atoms with Gasteiger partial charge in [-0.25, -0.2) is 0 Å². The van der Waals surface area contributed by atoms with Crippen LogP contribution in [0.25, 0.3) is 0 Å². The van der Waals surface area contributed by atoms with E-state index in [4.69, 9.17) is 11.4 Å². The minimum absolute atomic E-state index is 0.188. The Hall–Kier alpha value is 0.412. The van der Waals surface area contributed by atoms with Crippen molar-refractivity contribution in [3.05, 3.63) is 0 Å². The monoisotopic (exact) mass is 625 g/mol. The lowest BCUT2D eigenvalue weighted by atomic mass is 10.0. The Balaban J connectivity index is 3.44. The van der Waals surface area contributed by atoms with Crippen LogP contribution in [0.1, 0.15) is 233 Å². The van der Waals surface area contributed by atoms with Crippen LogP contribution in [-0.2, 0) is 11.4 Å². The molecule has 0 aromatic carbocycles. The molecule has 0 radical (unpaired) electrons. The van der Waals surface area contributed by atoms with Crippen LogP contribution < -0.4 is 0 Å². The summed E-state index contributed by atoms with van der Waals surface area (Å²) in [6.07, 6.45) is 45.0. The van der Waals surface area contributed by atoms with Gasteiger partial charge in [0.2, 0.25) is 0 Å². The molecule has 4 heteroatoms. The Labute approximate surface area is 278 Å². The average molecular weight is 625 g/mol. The number of rotatable bonds is 38. The van der Waals surface area contributed by atoms with E-state index >= 15 is 0 Å². The first-order valence-corrected chi connectivity index (χ1v) is 21.5. The van der Waals surface area contributed by atoms with Gasteiger partial charge < -0.3 is 11.4 Å². The summed E-state index contributed by atoms with van der Waals surface area (Å²) in [5.74, 6) is 0. The van der Waals surface area contributed by atoms with E-state index in [9.17, 15) is 0 Å². The lowest BCUT2D eigenvalue weighted by Gasteiger charge is -2.16. The molecule has 0 heterocycles. The summed E-state index contributed by atoms with van der Waals surface area (Å²) in [5.41, 5.74) is 0. The maximum Gasteiger partial charge on any atom is 0.905 e. The van der Waals surface area contributed by atoms with Crippen molar-refractivity contribution in [3.63, 3.8) is 0 Å². The molecule has 0 saturated heterocycles. The molecule has 0 aliphatic heterocycles. The van der Waals surface area contributed by atoms with Crippen molar-refractivity contribution in [2.24, 2.45) is 0 Å². The molecule has 0 unspecified atom stereocenters. The molecule has 0 rings (SSSR count). The fraction of sp³-hybridized carbons (Fsp3) is 1.00. The molecular weight excluding hydrogens is 543 g/mol. The van der Waals surface area contributed by atoms with E-state index in [0.29, 0.717) is 0 Å². The van der Waals surface area contributed by atoms with Gasteiger partial charge in [0, 0.05) is 19.3 Å². The van der Waals surface area contributed by atoms with Crippen LogP contribution in [-0.4, -0.2) is 34.5 Å². The lowest BCUT2D eigenvalue weighted by Crippen LogP contribution is -2.31. The number of hydrogen-bond donors (Lipinski definition) is 0. The Bertz CT molecular complexity index is 449. The van der Waals surface area contributed by atoms with Gasteiger partial charge in [0.05, 0.1) is 0 Å². The van der Waals surface area contributed by atoms with Gasteiger partial charge in [-0.3, -0.25) is 0 Å². The van der Waals surface area contributed by atoms with E-state index in [0.717, 1.165) is 26.1 Å². The van der Waals surface area contributed by atoms with E-state index in [1.807, 2.05) is 0 Å². The third-order valence-corrected chi connectivity index (χ3v) is 10.7. The van der Waals surface area contributed by atoms with Gasteiger partial charge in [0.15, 0.2) is 0 Å². The van der Waals surface area contributed by atoms with Crippen LogP contribution in [0.5, 0.6) is 0 Å². The summed E-state index contributed by atoms with van der Waals surface area (Å²) in [7, 11) is 0. The van der Waals surface area contributed by atoms with Gasteiger partial charge in [-0.05, 0) is 26.7 Å². The van der Waals surface area contributed by atoms with Crippen LogP contribution in [0.3, 0.4) is 0 Å². The zero-order valence-corrected chi connectivity index (χ0v) is 31.6. The Morgan fingerprint density at radius 2 is 0.535 bits per heavy atom. The largest absolute Gasteiger partial charge is 0.905 e. The summed E-state index contributed by atoms with van der Waals surface area (Å²) < 4.78 is 18.2. The SMILES string of the molecule is CCCCCCCCCCCCCCCCCC[O][Al]([O]CCCCCCCCCCCCCCCCCC)[O]C(C)C. The Morgan fingerprint density at radius 1 is 0.326 bits per heavy atom. The Kier molecular flexibility index (Phi) is 39.0. The summed E-state index contributed by atoms with van der Waals surface area (Å²) in [6.45, 7) is 10.4. The third-order valence-electron chi connectivity index (χ3n) is 8.89. The molecule has 0 fully saturated rings. The molecule has 0 amide bonds. The van der Waals surface area contributed by atoms with Crippen LogP contribution >= 0.6 is 0 Å². The minimum Gasteiger partial charge on any atom is -0.454 e. The fourth-order valence-electron chi connectivity index (χ4n) is 6.01. The smallest absolute Gasteiger partial charge is 0.454 e. The first kappa shape index (κ1) is 43.4. The molecule has 0 aliphatic rings. The molecule has 0 aromatic heterocycles. The number of unbranched alkanes of at least 4 members (excludes halogenated alkanes) is 30. The van der Waals surface area contributed by atoms with E-state index in [1.165, 1.54) is 193 Å². The zero-order valence-electron chi connectivity index (χ0n) is 30.4. The van der Waals surface area contributed by atoms with Crippen molar-refractivity contribution in [1.82, 2.24) is 0 Å². The van der Waals surface area contributed by atoms with Gasteiger partial charge in [0.25, 0.3) is 0 Å². The minimum atomic E-state index is -1.98. The lowest BCUT2D eigenvalue weighted by molar-refractivity contribution is 0.0675. The Morgan fingerprint density at radius 3 is 0.744 bits per heavy atom. The van der Waals surface area contributed by atoms with E-state index in [-0.39, 0.29) is 6.10 Å². The fourth-order valence-corrected chi connectivity index (χ4v) is 7.42. The van der Waals surface area contributed by atoms with Gasteiger partial charge in [-0.15, -0.1) is 0 Å². The third kappa shape index (κ3) is 38.5. The van der Waals surface area contributed by atoms with Crippen molar-refractivity contribution in [2.45, 2.75) is 239 Å². The molecule has 43 heavy (non-hydrogen) atoms. The first-order valence-electron chi connectivity index (χ1n) is 20.1. The highest BCUT2D eigenvalue weighted by Crippen LogP contribution is 2.15. The predicted octanol–water partition coefficient (Wildman–Crippen LogP) is 14.0. The van der Waals surface area contributed by atoms with E-state index < -0.39 is 15.1 Å². The summed E-state index contributed by atoms with van der Waals surface area (Å²) in [5, 5.41) is 0. The highest BCUT2D eigenvalue weighted by Gasteiger charge is 2.31. The maximum absolute atomic E-state index is 6.10. The standard InChI is InChI=1S/2C18H37O.C3H7O.Al/c2*1-2-3-4-5-6-7-8-9-10-11-12-13-14-15-16-17-18-19;1-3(2)4;/h2*2-18H2,1H3;3H,1-2H3;/q3*-1;+3. The zero-order chi connectivity index (χ0) is 31.3. The normalized spacial score (nSPS) is 11.7. The van der Waals surface area contributed by atoms with E-state index in [1.54, 1.807) is 0 Å². The maximum atomic E-state index is 6.10. The van der Waals surface area contributed by atoms with Crippen molar-refractivity contribution in [1.29, 1.82) is 0 Å². The number of hydrogen-bond acceptors (Lipinski definition) is 3. The topological polar surface area (TPSA) is 27.7 Å². The van der Waals surface area contributed by atoms with Crippen molar-refractivity contribution in [2.75, 3.05) is 13.2 Å². The van der Waals surface area contributed by atoms with Crippen molar-refractivity contribution < 1.29 is 11.4 Å². The van der Waals surface area contributed by atoms with Gasteiger partial charge in [-0.2, -0.15) is 0 Å². The second-order valence-corrected chi connectivity index (χ2v) is 15.3. The molecule has 0 aliphatic carbocycles. The highest BCUT2D eigenvalue weighted by molar-refractivity contribution is 6.36. The van der Waals surface area contributed by atoms with Crippen molar-refractivity contribution >= 4 is 15.1 Å². The molecule has 0 spiro atoms. The molecule has 0 aromatic rings. The molecule has 0 N–H and O–H groups in total. The summed E-state index contributed by atoms with van der Waals surface area (Å²) >= 11 is -1.98. The van der Waals surface area contributed by atoms with Gasteiger partial charge >= 0.3 is 15.1 Å². The predicted molar refractivity (Wildman–Crippen MR) is 193 cm³/mol. The quantitative estimate of drug-likeness (QED) is 0.0505. The van der Waals surface area contributed by atoms with Crippen LogP contribution in [0.2, 0.25) is 0 Å². The second-order valence-electron chi connectivity index (χ2n) is 13.8. The summed E-state index contributed by atoms with van der Waals surface area (Å²) in [4.78, 5) is 0. The summed E-state index contributed by atoms with van der Waals surface area (Å²) in [6, 6.07) is 0. The van der Waals surface area contributed by atoms with Gasteiger partial charge in [0.1, 0.15) is 0 Å². The van der Waals surface area contributed by atoms with Crippen LogP contribution in [0.4, 0.5) is 0 Å². The molecule has 0 saturated carbocycles. The highest BCUT2D eigenvalue weighted by atomic mass is 27.3. The van der Waals surface area contributed by atoms with Crippen LogP contribution in [0, 0.1) is 0 Å². The van der Waals surface area contributed by atoms with Gasteiger partial charge in [-0.1, -0.05) is 206 Å². The average Bonchev–Trinajstić information content (AvgIpc) is 2.99. The molecule has 258 valence electrons. The molecule has 0 bridgehead atoms. The van der Waals surface area contributed by atoms with Crippen LogP contribution in [0.15, 0.2) is 0 Å². The van der Waals surface area contributed by atoms with E-state index in [2.05, 4.69) is 27.7 Å². The van der Waals surface area contributed by atoms with Crippen molar-refractivity contribution in [3.8, 4) is 0 Å². The molecular formula is C39H81AlO3. The second kappa shape index (κ2) is 38.6. The molecule has 3 nitrogen and oxygen atoms in total.